The van der Waals surface area contributed by atoms with Gasteiger partial charge in [0, 0.05) is 6.04 Å². The maximum atomic E-state index is 5.87. The third kappa shape index (κ3) is 4.78. The Bertz CT molecular complexity index is 315. The fraction of sp³-hybridized carbons (Fsp3) is 0.600. The highest BCUT2D eigenvalue weighted by molar-refractivity contribution is 5.39. The van der Waals surface area contributed by atoms with E-state index in [9.17, 15) is 0 Å². The van der Waals surface area contributed by atoms with Crippen molar-refractivity contribution in [2.45, 2.75) is 46.6 Å². The Morgan fingerprint density at radius 2 is 1.88 bits per heavy atom. The van der Waals surface area contributed by atoms with Crippen molar-refractivity contribution >= 4 is 0 Å². The second-order valence-electron chi connectivity index (χ2n) is 4.67. The summed E-state index contributed by atoms with van der Waals surface area (Å²) in [6.07, 6.45) is 2.26. The standard InChI is InChI=1S/C15H25NO/c1-5-16-14(4)10-7-11-17-15-12(2)8-6-9-13(15)3/h6,8-9,14,16H,5,7,10-11H2,1-4H3. The molecule has 17 heavy (non-hydrogen) atoms. The monoisotopic (exact) mass is 235 g/mol. The summed E-state index contributed by atoms with van der Waals surface area (Å²) in [5.74, 6) is 1.06. The Balaban J connectivity index is 2.31. The first-order valence-electron chi connectivity index (χ1n) is 6.57. The molecule has 0 spiro atoms. The minimum atomic E-state index is 0.585. The normalized spacial score (nSPS) is 12.5. The van der Waals surface area contributed by atoms with Gasteiger partial charge in [0.1, 0.15) is 5.75 Å². The van der Waals surface area contributed by atoms with Crippen LogP contribution in [-0.2, 0) is 0 Å². The van der Waals surface area contributed by atoms with Crippen LogP contribution in [0.2, 0.25) is 0 Å². The Hall–Kier alpha value is -1.02. The van der Waals surface area contributed by atoms with Crippen LogP contribution in [0.3, 0.4) is 0 Å². The lowest BCUT2D eigenvalue weighted by Gasteiger charge is -2.14. The third-order valence-electron chi connectivity index (χ3n) is 2.99. The average Bonchev–Trinajstić information content (AvgIpc) is 2.28. The summed E-state index contributed by atoms with van der Waals surface area (Å²) in [6, 6.07) is 6.86. The lowest BCUT2D eigenvalue weighted by molar-refractivity contribution is 0.295. The lowest BCUT2D eigenvalue weighted by atomic mass is 10.1. The molecule has 1 N–H and O–H groups in total. The fourth-order valence-electron chi connectivity index (χ4n) is 2.04. The zero-order valence-corrected chi connectivity index (χ0v) is 11.5. The van der Waals surface area contributed by atoms with Gasteiger partial charge in [-0.3, -0.25) is 0 Å². The summed E-state index contributed by atoms with van der Waals surface area (Å²) in [6.45, 7) is 10.4. The van der Waals surface area contributed by atoms with Crippen LogP contribution in [0.4, 0.5) is 0 Å². The molecule has 0 aliphatic heterocycles. The highest BCUT2D eigenvalue weighted by atomic mass is 16.5. The molecule has 0 amide bonds. The van der Waals surface area contributed by atoms with E-state index in [0.29, 0.717) is 6.04 Å². The number of ether oxygens (including phenoxy) is 1. The first-order chi connectivity index (χ1) is 8.15. The molecule has 0 radical (unpaired) electrons. The molecule has 0 aliphatic rings. The quantitative estimate of drug-likeness (QED) is 0.731. The first-order valence-corrected chi connectivity index (χ1v) is 6.57. The van der Waals surface area contributed by atoms with Crippen LogP contribution in [0.5, 0.6) is 5.75 Å². The zero-order valence-electron chi connectivity index (χ0n) is 11.5. The van der Waals surface area contributed by atoms with E-state index in [1.807, 2.05) is 0 Å². The van der Waals surface area contributed by atoms with Crippen LogP contribution >= 0.6 is 0 Å². The van der Waals surface area contributed by atoms with Crippen LogP contribution in [0.15, 0.2) is 18.2 Å². The lowest BCUT2D eigenvalue weighted by Crippen LogP contribution is -2.25. The summed E-state index contributed by atoms with van der Waals surface area (Å²) in [5.41, 5.74) is 2.45. The van der Waals surface area contributed by atoms with Crippen LogP contribution in [-0.4, -0.2) is 19.2 Å². The molecule has 0 saturated heterocycles. The van der Waals surface area contributed by atoms with Gasteiger partial charge in [-0.05, 0) is 51.3 Å². The van der Waals surface area contributed by atoms with E-state index < -0.39 is 0 Å². The van der Waals surface area contributed by atoms with E-state index in [1.54, 1.807) is 0 Å². The molecule has 1 aromatic carbocycles. The van der Waals surface area contributed by atoms with Crippen molar-refractivity contribution in [1.82, 2.24) is 5.32 Å². The van der Waals surface area contributed by atoms with Crippen molar-refractivity contribution in [3.8, 4) is 5.75 Å². The maximum absolute atomic E-state index is 5.87. The van der Waals surface area contributed by atoms with E-state index in [2.05, 4.69) is 51.2 Å². The molecule has 0 fully saturated rings. The minimum absolute atomic E-state index is 0.585. The summed E-state index contributed by atoms with van der Waals surface area (Å²) in [7, 11) is 0. The van der Waals surface area contributed by atoms with Crippen molar-refractivity contribution in [3.05, 3.63) is 29.3 Å². The highest BCUT2D eigenvalue weighted by Gasteiger charge is 2.04. The average molecular weight is 235 g/mol. The van der Waals surface area contributed by atoms with Gasteiger partial charge in [0.25, 0.3) is 0 Å². The van der Waals surface area contributed by atoms with Crippen LogP contribution in [0.1, 0.15) is 37.8 Å². The van der Waals surface area contributed by atoms with Gasteiger partial charge >= 0.3 is 0 Å². The molecule has 2 nitrogen and oxygen atoms in total. The largest absolute Gasteiger partial charge is 0.493 e. The van der Waals surface area contributed by atoms with E-state index in [-0.39, 0.29) is 0 Å². The molecule has 2 heteroatoms. The van der Waals surface area contributed by atoms with Crippen molar-refractivity contribution in [1.29, 1.82) is 0 Å². The van der Waals surface area contributed by atoms with Crippen molar-refractivity contribution < 1.29 is 4.74 Å². The Kier molecular flexibility index (Phi) is 6.06. The molecule has 0 saturated carbocycles. The van der Waals surface area contributed by atoms with Crippen molar-refractivity contribution in [2.75, 3.05) is 13.2 Å². The number of hydrogen-bond acceptors (Lipinski definition) is 2. The molecule has 1 atom stereocenters. The molecule has 1 aromatic rings. The number of hydrogen-bond donors (Lipinski definition) is 1. The Labute approximate surface area is 105 Å². The number of aryl methyl sites for hydroxylation is 2. The van der Waals surface area contributed by atoms with Gasteiger partial charge in [0.2, 0.25) is 0 Å². The van der Waals surface area contributed by atoms with E-state index in [0.717, 1.165) is 25.3 Å². The predicted molar refractivity (Wildman–Crippen MR) is 73.8 cm³/mol. The van der Waals surface area contributed by atoms with Gasteiger partial charge in [-0.15, -0.1) is 0 Å². The smallest absolute Gasteiger partial charge is 0.125 e. The number of para-hydroxylation sites is 1. The number of benzene rings is 1. The number of nitrogens with one attached hydrogen (secondary N) is 1. The molecular weight excluding hydrogens is 210 g/mol. The van der Waals surface area contributed by atoms with Gasteiger partial charge in [-0.1, -0.05) is 25.1 Å². The van der Waals surface area contributed by atoms with Gasteiger partial charge in [-0.2, -0.15) is 0 Å². The zero-order chi connectivity index (χ0) is 12.7. The Morgan fingerprint density at radius 3 is 2.47 bits per heavy atom. The summed E-state index contributed by atoms with van der Waals surface area (Å²) in [5, 5.41) is 3.41. The fourth-order valence-corrected chi connectivity index (χ4v) is 2.04. The van der Waals surface area contributed by atoms with Crippen molar-refractivity contribution in [2.24, 2.45) is 0 Å². The highest BCUT2D eigenvalue weighted by Crippen LogP contribution is 2.22. The summed E-state index contributed by atoms with van der Waals surface area (Å²) in [4.78, 5) is 0. The summed E-state index contributed by atoms with van der Waals surface area (Å²) >= 11 is 0. The van der Waals surface area contributed by atoms with Crippen molar-refractivity contribution in [3.63, 3.8) is 0 Å². The molecule has 0 aromatic heterocycles. The molecule has 1 unspecified atom stereocenters. The summed E-state index contributed by atoms with van der Waals surface area (Å²) < 4.78 is 5.87. The molecule has 0 aliphatic carbocycles. The first kappa shape index (κ1) is 14.0. The topological polar surface area (TPSA) is 21.3 Å². The molecule has 96 valence electrons. The molecule has 0 bridgehead atoms. The van der Waals surface area contributed by atoms with Crippen LogP contribution in [0, 0.1) is 13.8 Å². The van der Waals surface area contributed by atoms with Gasteiger partial charge < -0.3 is 10.1 Å². The maximum Gasteiger partial charge on any atom is 0.125 e. The van der Waals surface area contributed by atoms with E-state index >= 15 is 0 Å². The second-order valence-corrected chi connectivity index (χ2v) is 4.67. The number of rotatable bonds is 7. The minimum Gasteiger partial charge on any atom is -0.493 e. The van der Waals surface area contributed by atoms with E-state index in [4.69, 9.17) is 4.74 Å². The predicted octanol–water partition coefficient (Wildman–Crippen LogP) is 3.46. The van der Waals surface area contributed by atoms with Gasteiger partial charge in [0.15, 0.2) is 0 Å². The molecule has 0 heterocycles. The SMILES string of the molecule is CCNC(C)CCCOc1c(C)cccc1C. The van der Waals surface area contributed by atoms with E-state index in [1.165, 1.54) is 17.5 Å². The van der Waals surface area contributed by atoms with Crippen LogP contribution < -0.4 is 10.1 Å². The van der Waals surface area contributed by atoms with Crippen LogP contribution in [0.25, 0.3) is 0 Å². The molecule has 1 rings (SSSR count). The second kappa shape index (κ2) is 7.33. The molecular formula is C15H25NO. The third-order valence-corrected chi connectivity index (χ3v) is 2.99. The van der Waals surface area contributed by atoms with Gasteiger partial charge in [0.05, 0.1) is 6.61 Å². The van der Waals surface area contributed by atoms with Gasteiger partial charge in [-0.25, -0.2) is 0 Å². The Morgan fingerprint density at radius 1 is 1.24 bits per heavy atom.